The molecule has 2 heteroatoms. The first-order valence-electron chi connectivity index (χ1n) is 21.6. The summed E-state index contributed by atoms with van der Waals surface area (Å²) >= 11 is 0. The van der Waals surface area contributed by atoms with Gasteiger partial charge in [0, 0.05) is 33.5 Å². The van der Waals surface area contributed by atoms with Gasteiger partial charge in [0.15, 0.2) is 0 Å². The highest BCUT2D eigenvalue weighted by atomic mass is 15.1. The molecule has 10 aromatic carbocycles. The van der Waals surface area contributed by atoms with Crippen LogP contribution in [0, 0.1) is 0 Å². The second kappa shape index (κ2) is 15.0. The fraction of sp³-hybridized carbons (Fsp3) is 0.0333. The largest absolute Gasteiger partial charge is 0.310 e. The number of benzene rings is 10. The Morgan fingerprint density at radius 3 is 1.50 bits per heavy atom. The summed E-state index contributed by atoms with van der Waals surface area (Å²) in [5.74, 6) is 0. The predicted octanol–water partition coefficient (Wildman–Crippen LogP) is 16.7. The van der Waals surface area contributed by atoms with Gasteiger partial charge in [0.25, 0.3) is 0 Å². The van der Waals surface area contributed by atoms with Crippen LogP contribution in [0.2, 0.25) is 0 Å². The molecule has 0 saturated carbocycles. The van der Waals surface area contributed by atoms with Gasteiger partial charge in [-0.25, -0.2) is 0 Å². The molecule has 0 heterocycles. The average molecular weight is 791 g/mol. The van der Waals surface area contributed by atoms with Crippen LogP contribution >= 0.6 is 0 Å². The summed E-state index contributed by atoms with van der Waals surface area (Å²) < 4.78 is 0. The number of hydrogen-bond acceptors (Lipinski definition) is 2. The zero-order valence-electron chi connectivity index (χ0n) is 34.2. The van der Waals surface area contributed by atoms with Gasteiger partial charge in [-0.1, -0.05) is 170 Å². The van der Waals surface area contributed by atoms with E-state index in [1.54, 1.807) is 0 Å². The normalized spacial score (nSPS) is 13.2. The molecule has 0 atom stereocenters. The van der Waals surface area contributed by atoms with Crippen LogP contribution in [0.5, 0.6) is 0 Å². The zero-order chi connectivity index (χ0) is 41.0. The van der Waals surface area contributed by atoms with Crippen molar-refractivity contribution in [2.24, 2.45) is 0 Å². The van der Waals surface area contributed by atoms with Gasteiger partial charge in [0.1, 0.15) is 0 Å². The predicted molar refractivity (Wildman–Crippen MR) is 265 cm³/mol. The van der Waals surface area contributed by atoms with Gasteiger partial charge in [0.2, 0.25) is 0 Å². The molecule has 62 heavy (non-hydrogen) atoms. The van der Waals surface area contributed by atoms with Crippen LogP contribution in [0.3, 0.4) is 0 Å². The van der Waals surface area contributed by atoms with E-state index in [9.17, 15) is 0 Å². The highest BCUT2D eigenvalue weighted by molar-refractivity contribution is 6.21. The maximum Gasteiger partial charge on any atom is 0.0546 e. The van der Waals surface area contributed by atoms with Crippen LogP contribution in [0.1, 0.15) is 17.5 Å². The number of allylic oxidation sites excluding steroid dienone is 6. The quantitative estimate of drug-likeness (QED) is 0.148. The second-order valence-electron chi connectivity index (χ2n) is 16.3. The van der Waals surface area contributed by atoms with Crippen LogP contribution in [-0.2, 0) is 6.42 Å². The third-order valence-electron chi connectivity index (χ3n) is 12.9. The van der Waals surface area contributed by atoms with Crippen molar-refractivity contribution < 1.29 is 0 Å². The minimum absolute atomic E-state index is 0.936. The molecule has 2 nitrogen and oxygen atoms in total. The third kappa shape index (κ3) is 6.03. The van der Waals surface area contributed by atoms with E-state index in [1.165, 1.54) is 82.2 Å². The topological polar surface area (TPSA) is 6.48 Å². The number of hydrogen-bond donors (Lipinski definition) is 0. The van der Waals surface area contributed by atoms with E-state index in [4.69, 9.17) is 0 Å². The Balaban J connectivity index is 0.950. The molecule has 0 radical (unpaired) electrons. The molecule has 0 aromatic heterocycles. The molecule has 2 aliphatic carbocycles. The Bertz CT molecular complexity index is 3430. The average Bonchev–Trinajstić information content (AvgIpc) is 3.35. The molecule has 0 fully saturated rings. The van der Waals surface area contributed by atoms with Crippen molar-refractivity contribution in [3.63, 3.8) is 0 Å². The van der Waals surface area contributed by atoms with E-state index in [2.05, 4.69) is 240 Å². The minimum Gasteiger partial charge on any atom is -0.310 e. The third-order valence-corrected chi connectivity index (χ3v) is 12.9. The lowest BCUT2D eigenvalue weighted by Crippen LogP contribution is -2.13. The number of nitrogens with zero attached hydrogens (tertiary/aromatic N) is 2. The highest BCUT2D eigenvalue weighted by Gasteiger charge is 2.24. The van der Waals surface area contributed by atoms with Gasteiger partial charge < -0.3 is 9.80 Å². The molecule has 0 amide bonds. The summed E-state index contributed by atoms with van der Waals surface area (Å²) in [6.07, 6.45) is 11.2. The second-order valence-corrected chi connectivity index (χ2v) is 16.3. The monoisotopic (exact) mass is 790 g/mol. The zero-order valence-corrected chi connectivity index (χ0v) is 34.2. The standard InChI is InChI=1S/C60H42N2/c1-3-17-45(18-4-1)61(59-39-57-49-21-9-7-15-43(49)31-37-53(57)51-23-11-13-25-55(51)59)47-33-27-41(28-34-47)42-29-35-48(36-30-42)62(46-19-5-2-6-20-46)60-40-58-50-22-10-8-16-44(50)32-38-54(58)52-24-12-14-26-56(52)60/h1-9,11-37,39-40H,10,38H2. The van der Waals surface area contributed by atoms with Crippen molar-refractivity contribution in [2.75, 3.05) is 9.80 Å². The summed E-state index contributed by atoms with van der Waals surface area (Å²) in [6, 6.07) is 75.6. The Morgan fingerprint density at radius 2 is 0.855 bits per heavy atom. The fourth-order valence-corrected chi connectivity index (χ4v) is 9.95. The van der Waals surface area contributed by atoms with E-state index >= 15 is 0 Å². The molecule has 0 N–H and O–H groups in total. The van der Waals surface area contributed by atoms with E-state index < -0.39 is 0 Å². The van der Waals surface area contributed by atoms with Crippen LogP contribution in [0.15, 0.2) is 236 Å². The fourth-order valence-electron chi connectivity index (χ4n) is 9.95. The van der Waals surface area contributed by atoms with Crippen LogP contribution in [-0.4, -0.2) is 0 Å². The Labute approximate surface area is 362 Å². The maximum atomic E-state index is 2.44. The summed E-state index contributed by atoms with van der Waals surface area (Å²) in [5.41, 5.74) is 14.6. The van der Waals surface area contributed by atoms with E-state index in [0.717, 1.165) is 41.3 Å². The lowest BCUT2D eigenvalue weighted by molar-refractivity contribution is 1.20. The highest BCUT2D eigenvalue weighted by Crippen LogP contribution is 2.47. The summed E-state index contributed by atoms with van der Waals surface area (Å²) in [6.45, 7) is 0. The summed E-state index contributed by atoms with van der Waals surface area (Å²) in [5, 5.41) is 10.1. The lowest BCUT2D eigenvalue weighted by Gasteiger charge is -2.30. The molecule has 0 saturated heterocycles. The summed E-state index contributed by atoms with van der Waals surface area (Å²) in [7, 11) is 0. The smallest absolute Gasteiger partial charge is 0.0546 e. The van der Waals surface area contributed by atoms with Crippen LogP contribution in [0.25, 0.3) is 59.8 Å². The van der Waals surface area contributed by atoms with Crippen molar-refractivity contribution in [1.82, 2.24) is 0 Å². The summed E-state index contributed by atoms with van der Waals surface area (Å²) in [4.78, 5) is 4.84. The molecule has 0 bridgehead atoms. The van der Waals surface area contributed by atoms with Gasteiger partial charge in [-0.05, 0) is 139 Å². The lowest BCUT2D eigenvalue weighted by atomic mass is 9.81. The van der Waals surface area contributed by atoms with Gasteiger partial charge >= 0.3 is 0 Å². The van der Waals surface area contributed by atoms with Crippen molar-refractivity contribution in [1.29, 1.82) is 0 Å². The Hall–Kier alpha value is -7.94. The Morgan fingerprint density at radius 1 is 0.355 bits per heavy atom. The number of fused-ring (bicyclic) bond motifs is 10. The van der Waals surface area contributed by atoms with Gasteiger partial charge in [-0.2, -0.15) is 0 Å². The number of rotatable bonds is 7. The van der Waals surface area contributed by atoms with Crippen LogP contribution < -0.4 is 9.80 Å². The van der Waals surface area contributed by atoms with E-state index in [-0.39, 0.29) is 0 Å². The molecule has 12 rings (SSSR count). The molecule has 0 unspecified atom stereocenters. The van der Waals surface area contributed by atoms with Gasteiger partial charge in [-0.3, -0.25) is 0 Å². The Kier molecular flexibility index (Phi) is 8.67. The van der Waals surface area contributed by atoms with Gasteiger partial charge in [-0.15, -0.1) is 0 Å². The molecular formula is C60H42N2. The van der Waals surface area contributed by atoms with Crippen molar-refractivity contribution in [3.8, 4) is 11.1 Å². The molecule has 0 aliphatic heterocycles. The van der Waals surface area contributed by atoms with Crippen LogP contribution in [0.4, 0.5) is 34.1 Å². The number of para-hydroxylation sites is 2. The van der Waals surface area contributed by atoms with E-state index in [0.29, 0.717) is 0 Å². The minimum atomic E-state index is 0.936. The van der Waals surface area contributed by atoms with Crippen molar-refractivity contribution >= 4 is 82.8 Å². The SMILES string of the molecule is C1=CC2=CCc3c(cc(N(c4ccccc4)c4ccc(-c5ccc(N(c6ccccc6)c6cc7c8ccccc8ccc7c7ccccc67)cc5)cc4)c4ccccc34)C2=CC1. The van der Waals surface area contributed by atoms with Crippen molar-refractivity contribution in [2.45, 2.75) is 12.8 Å². The first-order chi connectivity index (χ1) is 30.8. The van der Waals surface area contributed by atoms with E-state index in [1.807, 2.05) is 0 Å². The molecule has 2 aliphatic rings. The van der Waals surface area contributed by atoms with Gasteiger partial charge in [0.05, 0.1) is 11.4 Å². The first-order valence-corrected chi connectivity index (χ1v) is 21.6. The van der Waals surface area contributed by atoms with Crippen molar-refractivity contribution in [3.05, 3.63) is 247 Å². The molecule has 292 valence electrons. The molecule has 0 spiro atoms. The molecular weight excluding hydrogens is 749 g/mol. The number of anilines is 6. The maximum absolute atomic E-state index is 2.44. The first kappa shape index (κ1) is 36.0. The molecule has 10 aromatic rings.